The molecule has 23 heavy (non-hydrogen) atoms. The van der Waals surface area contributed by atoms with Crippen LogP contribution in [0.25, 0.3) is 10.8 Å². The van der Waals surface area contributed by atoms with Crippen LogP contribution in [0.4, 0.5) is 11.4 Å². The van der Waals surface area contributed by atoms with E-state index in [2.05, 4.69) is 4.99 Å². The van der Waals surface area contributed by atoms with E-state index in [-0.39, 0.29) is 16.9 Å². The molecule has 3 aromatic rings. The van der Waals surface area contributed by atoms with Crippen LogP contribution in [-0.4, -0.2) is 9.49 Å². The summed E-state index contributed by atoms with van der Waals surface area (Å²) >= 11 is 0. The smallest absolute Gasteiger partial charge is 0.294 e. The lowest BCUT2D eigenvalue weighted by Gasteiger charge is -1.97. The minimum absolute atomic E-state index is 0.101. The monoisotopic (exact) mass is 307 g/mol. The van der Waals surface area contributed by atoms with Gasteiger partial charge >= 0.3 is 0 Å². The van der Waals surface area contributed by atoms with Gasteiger partial charge in [0.15, 0.2) is 0 Å². The second kappa shape index (κ2) is 5.84. The van der Waals surface area contributed by atoms with Gasteiger partial charge in [-0.1, -0.05) is 36.4 Å². The maximum atomic E-state index is 12.5. The Labute approximate surface area is 131 Å². The van der Waals surface area contributed by atoms with Crippen LogP contribution in [0, 0.1) is 10.1 Å². The van der Waals surface area contributed by atoms with E-state index in [1.807, 2.05) is 12.1 Å². The number of aromatic nitrogens is 1. The quantitative estimate of drug-likeness (QED) is 0.539. The first kappa shape index (κ1) is 14.6. The second-order valence-corrected chi connectivity index (χ2v) is 5.00. The van der Waals surface area contributed by atoms with Crippen molar-refractivity contribution in [1.29, 1.82) is 0 Å². The van der Waals surface area contributed by atoms with E-state index in [0.717, 1.165) is 5.39 Å². The summed E-state index contributed by atoms with van der Waals surface area (Å²) < 4.78 is 1.39. The molecule has 0 atom stereocenters. The van der Waals surface area contributed by atoms with Crippen molar-refractivity contribution in [3.05, 3.63) is 86.6 Å². The van der Waals surface area contributed by atoms with Crippen LogP contribution in [-0.2, 0) is 7.05 Å². The molecule has 0 saturated heterocycles. The molecule has 0 aliphatic heterocycles. The van der Waals surface area contributed by atoms with Crippen molar-refractivity contribution in [3.8, 4) is 0 Å². The zero-order chi connectivity index (χ0) is 16.4. The van der Waals surface area contributed by atoms with Gasteiger partial charge in [-0.3, -0.25) is 19.5 Å². The summed E-state index contributed by atoms with van der Waals surface area (Å²) in [5.74, 6) is 0. The van der Waals surface area contributed by atoms with E-state index in [0.29, 0.717) is 10.9 Å². The van der Waals surface area contributed by atoms with Gasteiger partial charge in [-0.15, -0.1) is 0 Å². The van der Waals surface area contributed by atoms with Gasteiger partial charge in [0, 0.05) is 18.5 Å². The van der Waals surface area contributed by atoms with Gasteiger partial charge in [-0.05, 0) is 23.6 Å². The summed E-state index contributed by atoms with van der Waals surface area (Å²) in [6, 6.07) is 16.9. The first-order valence-corrected chi connectivity index (χ1v) is 6.95. The molecule has 0 unspecified atom stereocenters. The summed E-state index contributed by atoms with van der Waals surface area (Å²) in [5.41, 5.74) is 0.252. The lowest BCUT2D eigenvalue weighted by Crippen LogP contribution is -2.27. The Morgan fingerprint density at radius 3 is 2.48 bits per heavy atom. The van der Waals surface area contributed by atoms with Gasteiger partial charge in [0.25, 0.3) is 11.2 Å². The fourth-order valence-corrected chi connectivity index (χ4v) is 2.35. The minimum Gasteiger partial charge on any atom is -0.296 e. The van der Waals surface area contributed by atoms with Crippen molar-refractivity contribution < 1.29 is 4.92 Å². The standard InChI is InChI=1S/C17H13N3O3/c1-19-16(18-14-8-4-5-9-15(14)20(22)23)11-10-12-6-2-3-7-13(12)17(19)21/h2-11H,1H3. The van der Waals surface area contributed by atoms with E-state index in [1.165, 1.54) is 10.6 Å². The number of hydrogen-bond acceptors (Lipinski definition) is 4. The van der Waals surface area contributed by atoms with Crippen LogP contribution >= 0.6 is 0 Å². The number of nitrogens with zero attached hydrogens (tertiary/aromatic N) is 3. The summed E-state index contributed by atoms with van der Waals surface area (Å²) in [6.45, 7) is 0. The van der Waals surface area contributed by atoms with Gasteiger partial charge in [0.2, 0.25) is 0 Å². The van der Waals surface area contributed by atoms with Gasteiger partial charge in [-0.25, -0.2) is 4.99 Å². The molecular formula is C17H13N3O3. The number of nitro groups is 1. The number of benzene rings is 2. The fourth-order valence-electron chi connectivity index (χ4n) is 2.35. The number of hydrogen-bond donors (Lipinski definition) is 0. The van der Waals surface area contributed by atoms with Gasteiger partial charge in [0.1, 0.15) is 11.2 Å². The highest BCUT2D eigenvalue weighted by Gasteiger charge is 2.11. The van der Waals surface area contributed by atoms with Crippen molar-refractivity contribution in [3.63, 3.8) is 0 Å². The molecule has 0 radical (unpaired) electrons. The first-order valence-electron chi connectivity index (χ1n) is 6.95. The number of fused-ring (bicyclic) bond motifs is 1. The Hall–Kier alpha value is -3.28. The molecule has 0 saturated carbocycles. The Morgan fingerprint density at radius 2 is 1.70 bits per heavy atom. The average molecular weight is 307 g/mol. The molecule has 0 aliphatic rings. The molecule has 0 fully saturated rings. The zero-order valence-corrected chi connectivity index (χ0v) is 12.3. The van der Waals surface area contributed by atoms with Crippen LogP contribution in [0.5, 0.6) is 0 Å². The SMILES string of the molecule is Cn1c(=Nc2ccccc2[N+](=O)[O-])ccc2ccccc2c1=O. The van der Waals surface area contributed by atoms with Crippen LogP contribution in [0.1, 0.15) is 0 Å². The van der Waals surface area contributed by atoms with Gasteiger partial charge in [0.05, 0.1) is 4.92 Å². The predicted molar refractivity (Wildman–Crippen MR) is 87.5 cm³/mol. The van der Waals surface area contributed by atoms with E-state index in [1.54, 1.807) is 49.5 Å². The molecule has 1 aromatic heterocycles. The molecule has 6 heteroatoms. The first-order chi connectivity index (χ1) is 11.1. The molecule has 0 bridgehead atoms. The molecule has 0 amide bonds. The third kappa shape index (κ3) is 2.74. The maximum absolute atomic E-state index is 12.5. The fraction of sp³-hybridized carbons (Fsp3) is 0.0588. The predicted octanol–water partition coefficient (Wildman–Crippen LogP) is 2.68. The van der Waals surface area contributed by atoms with Crippen molar-refractivity contribution in [2.75, 3.05) is 0 Å². The second-order valence-electron chi connectivity index (χ2n) is 5.00. The summed E-state index contributed by atoms with van der Waals surface area (Å²) in [5, 5.41) is 12.5. The third-order valence-corrected chi connectivity index (χ3v) is 3.56. The van der Waals surface area contributed by atoms with E-state index in [4.69, 9.17) is 0 Å². The molecule has 0 N–H and O–H groups in total. The summed E-state index contributed by atoms with van der Waals surface area (Å²) in [7, 11) is 1.60. The molecular weight excluding hydrogens is 294 g/mol. The largest absolute Gasteiger partial charge is 0.296 e. The van der Waals surface area contributed by atoms with Crippen molar-refractivity contribution in [2.24, 2.45) is 12.0 Å². The maximum Gasteiger partial charge on any atom is 0.294 e. The molecule has 2 aromatic carbocycles. The Morgan fingerprint density at radius 1 is 1.00 bits per heavy atom. The van der Waals surface area contributed by atoms with Crippen LogP contribution in [0.15, 0.2) is 70.5 Å². The molecule has 3 rings (SSSR count). The van der Waals surface area contributed by atoms with E-state index < -0.39 is 4.92 Å². The van der Waals surface area contributed by atoms with Crippen molar-refractivity contribution in [1.82, 2.24) is 4.57 Å². The van der Waals surface area contributed by atoms with Crippen molar-refractivity contribution in [2.45, 2.75) is 0 Å². The highest BCUT2D eigenvalue weighted by molar-refractivity contribution is 5.80. The number of nitro benzene ring substituents is 1. The molecule has 0 aliphatic carbocycles. The van der Waals surface area contributed by atoms with Crippen LogP contribution < -0.4 is 11.0 Å². The van der Waals surface area contributed by atoms with E-state index in [9.17, 15) is 14.9 Å². The highest BCUT2D eigenvalue weighted by Crippen LogP contribution is 2.25. The molecule has 0 spiro atoms. The average Bonchev–Trinajstić information content (AvgIpc) is 2.68. The summed E-state index contributed by atoms with van der Waals surface area (Å²) in [6.07, 6.45) is 0. The number of para-hydroxylation sites is 2. The van der Waals surface area contributed by atoms with E-state index >= 15 is 0 Å². The lowest BCUT2D eigenvalue weighted by atomic mass is 10.2. The molecule has 1 heterocycles. The van der Waals surface area contributed by atoms with Crippen LogP contribution in [0.2, 0.25) is 0 Å². The number of rotatable bonds is 2. The normalized spacial score (nSPS) is 11.6. The topological polar surface area (TPSA) is 77.5 Å². The van der Waals surface area contributed by atoms with Crippen LogP contribution in [0.3, 0.4) is 0 Å². The third-order valence-electron chi connectivity index (χ3n) is 3.56. The Kier molecular flexibility index (Phi) is 3.72. The molecule has 6 nitrogen and oxygen atoms in total. The highest BCUT2D eigenvalue weighted by atomic mass is 16.6. The lowest BCUT2D eigenvalue weighted by molar-refractivity contribution is -0.384. The molecule has 114 valence electrons. The zero-order valence-electron chi connectivity index (χ0n) is 12.3. The Bertz CT molecular complexity index is 1040. The Balaban J connectivity index is 2.36. The summed E-state index contributed by atoms with van der Waals surface area (Å²) in [4.78, 5) is 27.4. The van der Waals surface area contributed by atoms with Gasteiger partial charge < -0.3 is 0 Å². The van der Waals surface area contributed by atoms with Gasteiger partial charge in [-0.2, -0.15) is 0 Å². The minimum atomic E-state index is -0.490. The van der Waals surface area contributed by atoms with Crippen molar-refractivity contribution >= 4 is 22.1 Å².